The zero-order chi connectivity index (χ0) is 20.6. The van der Waals surface area contributed by atoms with Gasteiger partial charge in [-0.25, -0.2) is 15.0 Å². The van der Waals surface area contributed by atoms with Crippen LogP contribution in [-0.4, -0.2) is 45.9 Å². The molecule has 1 atom stereocenters. The molecule has 29 heavy (non-hydrogen) atoms. The highest BCUT2D eigenvalue weighted by Gasteiger charge is 2.41. The molecule has 8 heteroatoms. The van der Waals surface area contributed by atoms with Crippen LogP contribution in [-0.2, 0) is 11.3 Å². The van der Waals surface area contributed by atoms with Crippen LogP contribution in [0.25, 0.3) is 11.3 Å². The third kappa shape index (κ3) is 3.68. The normalized spacial score (nSPS) is 20.8. The number of aromatic nitrogens is 3. The van der Waals surface area contributed by atoms with Gasteiger partial charge in [-0.05, 0) is 44.6 Å². The van der Waals surface area contributed by atoms with E-state index in [9.17, 15) is 10.4 Å². The lowest BCUT2D eigenvalue weighted by atomic mass is 9.77. The maximum absolute atomic E-state index is 9.97. The van der Waals surface area contributed by atoms with E-state index in [-0.39, 0.29) is 22.7 Å². The molecule has 152 valence electrons. The first-order valence-corrected chi connectivity index (χ1v) is 10.2. The molecule has 0 aromatic carbocycles. The molecule has 1 N–H and O–H groups in total. The lowest BCUT2D eigenvalue weighted by Crippen LogP contribution is -2.41. The standard InChI is InChI=1S/C21H24ClN5O2/c1-13-9-21(12-29-13)4-7-27(8-5-21)20-17(11-28)26-19(14(2)25-20)15-3-6-24-16(10-23)18(15)22/h3,6,13,28H,4-5,7-9,11-12H2,1-2H3/t13-/m0/s1. The van der Waals surface area contributed by atoms with E-state index >= 15 is 0 Å². The Labute approximate surface area is 175 Å². The maximum atomic E-state index is 9.97. The Kier molecular flexibility index (Phi) is 5.43. The molecule has 0 aliphatic carbocycles. The fourth-order valence-electron chi connectivity index (χ4n) is 4.45. The number of aryl methyl sites for hydroxylation is 1. The number of nitriles is 1. The molecule has 2 saturated heterocycles. The quantitative estimate of drug-likeness (QED) is 0.824. The van der Waals surface area contributed by atoms with Crippen molar-refractivity contribution in [1.29, 1.82) is 5.26 Å². The van der Waals surface area contributed by atoms with Crippen molar-refractivity contribution < 1.29 is 9.84 Å². The number of hydrogen-bond acceptors (Lipinski definition) is 7. The number of anilines is 1. The van der Waals surface area contributed by atoms with Gasteiger partial charge in [0.25, 0.3) is 0 Å². The van der Waals surface area contributed by atoms with Gasteiger partial charge >= 0.3 is 0 Å². The lowest BCUT2D eigenvalue weighted by Gasteiger charge is -2.39. The number of ether oxygens (including phenoxy) is 1. The summed E-state index contributed by atoms with van der Waals surface area (Å²) in [5.74, 6) is 0.723. The van der Waals surface area contributed by atoms with Gasteiger partial charge in [0.1, 0.15) is 11.8 Å². The van der Waals surface area contributed by atoms with Crippen molar-refractivity contribution in [3.05, 3.63) is 34.4 Å². The Morgan fingerprint density at radius 2 is 2.14 bits per heavy atom. The number of nitrogens with zero attached hydrogens (tertiary/aromatic N) is 5. The van der Waals surface area contributed by atoms with Gasteiger partial charge in [0.2, 0.25) is 0 Å². The van der Waals surface area contributed by atoms with E-state index in [1.807, 2.05) is 13.0 Å². The number of piperidine rings is 1. The van der Waals surface area contributed by atoms with Gasteiger partial charge in [0.05, 0.1) is 35.7 Å². The molecule has 2 aromatic heterocycles. The number of halogens is 1. The Bertz CT molecular complexity index is 966. The third-order valence-corrected chi connectivity index (χ3v) is 6.42. The third-order valence-electron chi connectivity index (χ3n) is 6.04. The minimum Gasteiger partial charge on any atom is -0.390 e. The van der Waals surface area contributed by atoms with Crippen LogP contribution in [0.4, 0.5) is 5.82 Å². The van der Waals surface area contributed by atoms with Crippen LogP contribution < -0.4 is 4.90 Å². The molecule has 1 spiro atoms. The summed E-state index contributed by atoms with van der Waals surface area (Å²) in [4.78, 5) is 15.6. The first kappa shape index (κ1) is 20.0. The summed E-state index contributed by atoms with van der Waals surface area (Å²) in [6.45, 7) is 6.36. The Hall–Kier alpha value is -2.27. The minimum absolute atomic E-state index is 0.148. The Balaban J connectivity index is 1.64. The van der Waals surface area contributed by atoms with E-state index in [0.717, 1.165) is 44.8 Å². The van der Waals surface area contributed by atoms with Gasteiger partial charge in [-0.3, -0.25) is 0 Å². The predicted octanol–water partition coefficient (Wildman–Crippen LogP) is 3.26. The minimum atomic E-state index is -0.217. The van der Waals surface area contributed by atoms with Crippen molar-refractivity contribution in [3.63, 3.8) is 0 Å². The second-order valence-corrected chi connectivity index (χ2v) is 8.41. The second-order valence-electron chi connectivity index (χ2n) is 8.03. The van der Waals surface area contributed by atoms with Gasteiger partial charge in [-0.15, -0.1) is 0 Å². The predicted molar refractivity (Wildman–Crippen MR) is 110 cm³/mol. The first-order valence-electron chi connectivity index (χ1n) is 9.86. The monoisotopic (exact) mass is 413 g/mol. The molecule has 4 heterocycles. The average molecular weight is 414 g/mol. The molecule has 7 nitrogen and oxygen atoms in total. The number of hydrogen-bond donors (Lipinski definition) is 1. The van der Waals surface area contributed by atoms with Crippen molar-refractivity contribution >= 4 is 17.4 Å². The summed E-state index contributed by atoms with van der Waals surface area (Å²) in [7, 11) is 0. The fourth-order valence-corrected chi connectivity index (χ4v) is 4.69. The van der Waals surface area contributed by atoms with Crippen molar-refractivity contribution in [2.24, 2.45) is 5.41 Å². The average Bonchev–Trinajstić information content (AvgIpc) is 3.09. The number of rotatable bonds is 3. The maximum Gasteiger partial charge on any atom is 0.159 e. The summed E-state index contributed by atoms with van der Waals surface area (Å²) in [6.07, 6.45) is 5.07. The van der Waals surface area contributed by atoms with E-state index in [0.29, 0.717) is 28.7 Å². The van der Waals surface area contributed by atoms with Gasteiger partial charge in [-0.1, -0.05) is 11.6 Å². The van der Waals surface area contributed by atoms with Crippen molar-refractivity contribution in [1.82, 2.24) is 15.0 Å². The van der Waals surface area contributed by atoms with Crippen LogP contribution in [0, 0.1) is 23.7 Å². The van der Waals surface area contributed by atoms with Crippen LogP contribution >= 0.6 is 11.6 Å². The Morgan fingerprint density at radius 3 is 2.76 bits per heavy atom. The summed E-state index contributed by atoms with van der Waals surface area (Å²) in [5.41, 5.74) is 2.80. The topological polar surface area (TPSA) is 95.2 Å². The van der Waals surface area contributed by atoms with E-state index in [4.69, 9.17) is 21.3 Å². The van der Waals surface area contributed by atoms with E-state index in [2.05, 4.69) is 21.8 Å². The largest absolute Gasteiger partial charge is 0.390 e. The molecule has 4 rings (SSSR count). The van der Waals surface area contributed by atoms with E-state index in [1.165, 1.54) is 6.20 Å². The van der Waals surface area contributed by atoms with Crippen LogP contribution in [0.15, 0.2) is 12.3 Å². The highest BCUT2D eigenvalue weighted by Crippen LogP contribution is 2.43. The van der Waals surface area contributed by atoms with Crippen LogP contribution in [0.3, 0.4) is 0 Å². The van der Waals surface area contributed by atoms with E-state index in [1.54, 1.807) is 6.07 Å². The molecular weight excluding hydrogens is 390 g/mol. The smallest absolute Gasteiger partial charge is 0.159 e. The number of pyridine rings is 1. The summed E-state index contributed by atoms with van der Waals surface area (Å²) in [5, 5.41) is 19.4. The van der Waals surface area contributed by atoms with Gasteiger partial charge in [0.15, 0.2) is 11.5 Å². The zero-order valence-electron chi connectivity index (χ0n) is 16.7. The highest BCUT2D eigenvalue weighted by molar-refractivity contribution is 6.34. The molecule has 0 amide bonds. The first-order chi connectivity index (χ1) is 14.0. The molecule has 0 bridgehead atoms. The SMILES string of the molecule is Cc1nc(N2CCC3(CC2)CO[C@@H](C)C3)c(CO)nc1-c1ccnc(C#N)c1Cl. The molecule has 2 aromatic rings. The van der Waals surface area contributed by atoms with Crippen LogP contribution in [0.5, 0.6) is 0 Å². The summed E-state index contributed by atoms with van der Waals surface area (Å²) >= 11 is 6.34. The number of aliphatic hydroxyl groups is 1. The molecule has 0 unspecified atom stereocenters. The van der Waals surface area contributed by atoms with Gasteiger partial charge in [-0.2, -0.15) is 5.26 Å². The van der Waals surface area contributed by atoms with Gasteiger partial charge < -0.3 is 14.7 Å². The van der Waals surface area contributed by atoms with Crippen molar-refractivity contribution in [2.45, 2.75) is 45.8 Å². The van der Waals surface area contributed by atoms with E-state index < -0.39 is 0 Å². The van der Waals surface area contributed by atoms with Crippen LogP contribution in [0.2, 0.25) is 5.02 Å². The molecule has 2 aliphatic rings. The lowest BCUT2D eigenvalue weighted by molar-refractivity contribution is 0.0975. The number of aliphatic hydroxyl groups excluding tert-OH is 1. The summed E-state index contributed by atoms with van der Waals surface area (Å²) < 4.78 is 5.82. The summed E-state index contributed by atoms with van der Waals surface area (Å²) in [6, 6.07) is 3.70. The Morgan fingerprint density at radius 1 is 1.38 bits per heavy atom. The molecule has 0 saturated carbocycles. The molecule has 2 aliphatic heterocycles. The molecular formula is C21H24ClN5O2. The van der Waals surface area contributed by atoms with Crippen molar-refractivity contribution in [2.75, 3.05) is 24.6 Å². The van der Waals surface area contributed by atoms with Crippen LogP contribution in [0.1, 0.15) is 43.3 Å². The second kappa shape index (κ2) is 7.86. The molecule has 2 fully saturated rings. The zero-order valence-corrected chi connectivity index (χ0v) is 17.4. The fraction of sp³-hybridized carbons (Fsp3) is 0.524. The molecule has 0 radical (unpaired) electrons. The van der Waals surface area contributed by atoms with Crippen molar-refractivity contribution in [3.8, 4) is 17.3 Å². The highest BCUT2D eigenvalue weighted by atomic mass is 35.5. The van der Waals surface area contributed by atoms with Gasteiger partial charge in [0, 0.05) is 24.8 Å².